The molecular weight excluding hydrogens is 359 g/mol. The van der Waals surface area contributed by atoms with E-state index in [0.717, 1.165) is 21.9 Å². The predicted octanol–water partition coefficient (Wildman–Crippen LogP) is 5.55. The Hall–Kier alpha value is -2.79. The van der Waals surface area contributed by atoms with Gasteiger partial charge in [0, 0.05) is 5.75 Å². The topological polar surface area (TPSA) is 27.1 Å². The summed E-state index contributed by atoms with van der Waals surface area (Å²) in [7, 11) is 0. The SMILES string of the molecule is Fc1ccccc1CSc1nc2ccccc2n1CCOc1ccccc1. The molecule has 0 aliphatic heterocycles. The summed E-state index contributed by atoms with van der Waals surface area (Å²) >= 11 is 1.54. The van der Waals surface area contributed by atoms with Gasteiger partial charge in [0.1, 0.15) is 18.2 Å². The molecule has 0 radical (unpaired) electrons. The third-order valence-electron chi connectivity index (χ3n) is 4.26. The van der Waals surface area contributed by atoms with E-state index in [2.05, 4.69) is 10.6 Å². The molecule has 0 N–H and O–H groups in total. The van der Waals surface area contributed by atoms with Gasteiger partial charge in [-0.1, -0.05) is 60.3 Å². The van der Waals surface area contributed by atoms with Gasteiger partial charge in [0.05, 0.1) is 17.6 Å². The van der Waals surface area contributed by atoms with Crippen LogP contribution in [0.15, 0.2) is 84.0 Å². The van der Waals surface area contributed by atoms with Crippen LogP contribution in [0.3, 0.4) is 0 Å². The van der Waals surface area contributed by atoms with Gasteiger partial charge in [-0.15, -0.1) is 0 Å². The fourth-order valence-electron chi connectivity index (χ4n) is 2.91. The highest BCUT2D eigenvalue weighted by molar-refractivity contribution is 7.98. The van der Waals surface area contributed by atoms with Crippen LogP contribution in [0.2, 0.25) is 0 Å². The number of hydrogen-bond acceptors (Lipinski definition) is 3. The molecule has 0 saturated carbocycles. The summed E-state index contributed by atoms with van der Waals surface area (Å²) in [6, 6.07) is 24.7. The third-order valence-corrected chi connectivity index (χ3v) is 5.29. The second kappa shape index (κ2) is 8.27. The van der Waals surface area contributed by atoms with Crippen molar-refractivity contribution in [1.29, 1.82) is 0 Å². The van der Waals surface area contributed by atoms with Crippen molar-refractivity contribution in [2.24, 2.45) is 0 Å². The molecule has 1 heterocycles. The Morgan fingerprint density at radius 3 is 2.48 bits per heavy atom. The van der Waals surface area contributed by atoms with Crippen LogP contribution < -0.4 is 4.74 Å². The first kappa shape index (κ1) is 17.6. The summed E-state index contributed by atoms with van der Waals surface area (Å²) in [6.45, 7) is 1.21. The van der Waals surface area contributed by atoms with E-state index in [-0.39, 0.29) is 5.82 Å². The third kappa shape index (κ3) is 4.14. The van der Waals surface area contributed by atoms with Crippen LogP contribution in [-0.4, -0.2) is 16.2 Å². The molecule has 3 nitrogen and oxygen atoms in total. The molecule has 0 bridgehead atoms. The van der Waals surface area contributed by atoms with E-state index in [1.807, 2.05) is 60.7 Å². The number of hydrogen-bond donors (Lipinski definition) is 0. The highest BCUT2D eigenvalue weighted by atomic mass is 32.2. The summed E-state index contributed by atoms with van der Waals surface area (Å²) in [4.78, 5) is 4.73. The van der Waals surface area contributed by atoms with Crippen molar-refractivity contribution >= 4 is 22.8 Å². The number of fused-ring (bicyclic) bond motifs is 1. The van der Waals surface area contributed by atoms with Gasteiger partial charge in [0.25, 0.3) is 0 Å². The van der Waals surface area contributed by atoms with E-state index >= 15 is 0 Å². The van der Waals surface area contributed by atoms with Crippen molar-refractivity contribution in [3.8, 4) is 5.75 Å². The Balaban J connectivity index is 1.53. The van der Waals surface area contributed by atoms with Gasteiger partial charge in [-0.05, 0) is 35.9 Å². The highest BCUT2D eigenvalue weighted by Gasteiger charge is 2.12. The molecule has 1 aromatic heterocycles. The minimum absolute atomic E-state index is 0.180. The van der Waals surface area contributed by atoms with Crippen molar-refractivity contribution in [3.05, 3.63) is 90.2 Å². The summed E-state index contributed by atoms with van der Waals surface area (Å²) in [5.74, 6) is 1.21. The standard InChI is InChI=1S/C22H19FN2OS/c23-19-11-5-4-8-17(19)16-27-22-24-20-12-6-7-13-21(20)25(22)14-15-26-18-9-2-1-3-10-18/h1-13H,14-16H2. The van der Waals surface area contributed by atoms with E-state index in [0.29, 0.717) is 24.5 Å². The van der Waals surface area contributed by atoms with Gasteiger partial charge in [-0.2, -0.15) is 0 Å². The number of para-hydroxylation sites is 3. The van der Waals surface area contributed by atoms with E-state index < -0.39 is 0 Å². The van der Waals surface area contributed by atoms with Crippen LogP contribution in [-0.2, 0) is 12.3 Å². The summed E-state index contributed by atoms with van der Waals surface area (Å²) in [6.07, 6.45) is 0. The minimum Gasteiger partial charge on any atom is -0.492 e. The zero-order chi connectivity index (χ0) is 18.5. The molecule has 0 aliphatic carbocycles. The van der Waals surface area contributed by atoms with Gasteiger partial charge < -0.3 is 9.30 Å². The normalized spacial score (nSPS) is 11.0. The molecule has 0 spiro atoms. The van der Waals surface area contributed by atoms with E-state index in [9.17, 15) is 4.39 Å². The summed E-state index contributed by atoms with van der Waals surface area (Å²) in [5, 5.41) is 0.871. The Morgan fingerprint density at radius 1 is 0.889 bits per heavy atom. The average molecular weight is 378 g/mol. The first-order chi connectivity index (χ1) is 13.3. The van der Waals surface area contributed by atoms with Crippen LogP contribution in [0.5, 0.6) is 5.75 Å². The molecule has 27 heavy (non-hydrogen) atoms. The number of halogens is 1. The van der Waals surface area contributed by atoms with E-state index in [4.69, 9.17) is 9.72 Å². The molecule has 136 valence electrons. The Kier molecular flexibility index (Phi) is 5.39. The lowest BCUT2D eigenvalue weighted by atomic mass is 10.2. The monoisotopic (exact) mass is 378 g/mol. The molecule has 0 fully saturated rings. The number of nitrogens with zero attached hydrogens (tertiary/aromatic N) is 2. The smallest absolute Gasteiger partial charge is 0.169 e. The second-order valence-corrected chi connectivity index (χ2v) is 7.02. The lowest BCUT2D eigenvalue weighted by Gasteiger charge is -2.11. The molecule has 5 heteroatoms. The van der Waals surface area contributed by atoms with Crippen molar-refractivity contribution in [2.45, 2.75) is 17.5 Å². The molecule has 0 amide bonds. The van der Waals surface area contributed by atoms with Crippen molar-refractivity contribution in [2.75, 3.05) is 6.61 Å². The zero-order valence-electron chi connectivity index (χ0n) is 14.7. The number of ether oxygens (including phenoxy) is 1. The quantitative estimate of drug-likeness (QED) is 0.395. The van der Waals surface area contributed by atoms with Crippen molar-refractivity contribution in [3.63, 3.8) is 0 Å². The van der Waals surface area contributed by atoms with E-state index in [1.54, 1.807) is 17.8 Å². The fourth-order valence-corrected chi connectivity index (χ4v) is 3.94. The maximum absolute atomic E-state index is 13.9. The minimum atomic E-state index is -0.180. The summed E-state index contributed by atoms with van der Waals surface area (Å²) in [5.41, 5.74) is 2.68. The first-order valence-electron chi connectivity index (χ1n) is 8.80. The first-order valence-corrected chi connectivity index (χ1v) is 9.79. The van der Waals surface area contributed by atoms with Crippen LogP contribution in [0.4, 0.5) is 4.39 Å². The molecule has 0 saturated heterocycles. The lowest BCUT2D eigenvalue weighted by molar-refractivity contribution is 0.295. The van der Waals surface area contributed by atoms with Gasteiger partial charge in [-0.25, -0.2) is 9.37 Å². The molecular formula is C22H19FN2OS. The Bertz CT molecular complexity index is 1030. The van der Waals surface area contributed by atoms with Crippen molar-refractivity contribution in [1.82, 2.24) is 9.55 Å². The summed E-state index contributed by atoms with van der Waals surface area (Å²) < 4.78 is 21.9. The van der Waals surface area contributed by atoms with Crippen LogP contribution in [0.1, 0.15) is 5.56 Å². The van der Waals surface area contributed by atoms with Crippen molar-refractivity contribution < 1.29 is 9.13 Å². The molecule has 4 rings (SSSR count). The van der Waals surface area contributed by atoms with Gasteiger partial charge in [-0.3, -0.25) is 0 Å². The lowest BCUT2D eigenvalue weighted by Crippen LogP contribution is -2.09. The van der Waals surface area contributed by atoms with Gasteiger partial charge >= 0.3 is 0 Å². The van der Waals surface area contributed by atoms with E-state index in [1.165, 1.54) is 6.07 Å². The number of imidazole rings is 1. The fraction of sp³-hybridized carbons (Fsp3) is 0.136. The Labute approximate surface area is 161 Å². The maximum atomic E-state index is 13.9. The number of benzene rings is 3. The van der Waals surface area contributed by atoms with Crippen LogP contribution in [0.25, 0.3) is 11.0 Å². The van der Waals surface area contributed by atoms with Gasteiger partial charge in [0.15, 0.2) is 5.16 Å². The van der Waals surface area contributed by atoms with Gasteiger partial charge in [0.2, 0.25) is 0 Å². The number of rotatable bonds is 7. The number of thioether (sulfide) groups is 1. The Morgan fingerprint density at radius 2 is 1.63 bits per heavy atom. The van der Waals surface area contributed by atoms with Crippen LogP contribution >= 0.6 is 11.8 Å². The molecule has 0 atom stereocenters. The number of aromatic nitrogens is 2. The predicted molar refractivity (Wildman–Crippen MR) is 108 cm³/mol. The second-order valence-electron chi connectivity index (χ2n) is 6.08. The molecule has 4 aromatic rings. The average Bonchev–Trinajstić information content (AvgIpc) is 3.06. The largest absolute Gasteiger partial charge is 0.492 e. The zero-order valence-corrected chi connectivity index (χ0v) is 15.5. The van der Waals surface area contributed by atoms with Crippen LogP contribution in [0, 0.1) is 5.82 Å². The maximum Gasteiger partial charge on any atom is 0.169 e. The highest BCUT2D eigenvalue weighted by Crippen LogP contribution is 2.27. The molecule has 3 aromatic carbocycles. The molecule has 0 unspecified atom stereocenters. The molecule has 0 aliphatic rings.